The van der Waals surface area contributed by atoms with Crippen molar-refractivity contribution in [1.82, 2.24) is 0 Å². The van der Waals surface area contributed by atoms with Crippen LogP contribution in [0, 0.1) is 0 Å². The summed E-state index contributed by atoms with van der Waals surface area (Å²) < 4.78 is 15.7. The van der Waals surface area contributed by atoms with E-state index in [9.17, 15) is 0 Å². The van der Waals surface area contributed by atoms with Crippen LogP contribution in [0.4, 0.5) is 68.2 Å². The minimum atomic E-state index is -0.204. The Kier molecular flexibility index (Phi) is 11.8. The Balaban J connectivity index is 0.986. The molecule has 0 N–H and O–H groups in total. The monoisotopic (exact) mass is 1090 g/mol. The fourth-order valence-electron chi connectivity index (χ4n) is 12.4. The van der Waals surface area contributed by atoms with Gasteiger partial charge in [0.2, 0.25) is 0 Å². The van der Waals surface area contributed by atoms with E-state index in [1.165, 1.54) is 9.79 Å². The Labute approximate surface area is 486 Å². The number of benzene rings is 12. The molecule has 10 heteroatoms. The molecule has 0 fully saturated rings. The maximum absolute atomic E-state index is 7.84. The van der Waals surface area contributed by atoms with E-state index in [4.69, 9.17) is 9.47 Å². The Hall–Kier alpha value is -9.73. The van der Waals surface area contributed by atoms with Gasteiger partial charge in [-0.1, -0.05) is 170 Å². The number of hydrogen-bond acceptors (Lipinski definition) is 8. The molecule has 82 heavy (non-hydrogen) atoms. The van der Waals surface area contributed by atoms with Gasteiger partial charge in [-0.05, 0) is 126 Å². The first-order chi connectivity index (χ1) is 40.7. The van der Waals surface area contributed by atoms with Gasteiger partial charge < -0.3 is 29.1 Å². The molecule has 0 atom stereocenters. The van der Waals surface area contributed by atoms with Gasteiger partial charge in [-0.15, -0.1) is 0 Å². The van der Waals surface area contributed by atoms with Crippen molar-refractivity contribution in [3.05, 3.63) is 291 Å². The van der Waals surface area contributed by atoms with Gasteiger partial charge in [0.05, 0.1) is 28.3 Å². The summed E-state index contributed by atoms with van der Waals surface area (Å²) in [5.41, 5.74) is 18.9. The maximum atomic E-state index is 7.84. The zero-order chi connectivity index (χ0) is 54.1. The van der Waals surface area contributed by atoms with E-state index in [1.54, 1.807) is 0 Å². The molecule has 4 aliphatic rings. The highest BCUT2D eigenvalue weighted by Crippen LogP contribution is 2.55. The molecule has 4 aliphatic heterocycles. The van der Waals surface area contributed by atoms with Crippen molar-refractivity contribution in [2.75, 3.05) is 19.6 Å². The number of fused-ring (bicyclic) bond motifs is 6. The zero-order valence-corrected chi connectivity index (χ0v) is 45.9. The Morgan fingerprint density at radius 2 is 0.634 bits per heavy atom. The summed E-state index contributed by atoms with van der Waals surface area (Å²) in [6, 6.07) is 104. The van der Waals surface area contributed by atoms with Crippen molar-refractivity contribution < 1.29 is 9.47 Å². The van der Waals surface area contributed by atoms with Crippen molar-refractivity contribution >= 4 is 125 Å². The molecule has 0 bridgehead atoms. The summed E-state index contributed by atoms with van der Waals surface area (Å²) in [5.74, 6) is 2.75. The van der Waals surface area contributed by atoms with Crippen LogP contribution in [0.5, 0.6) is 23.0 Å². The lowest BCUT2D eigenvalue weighted by atomic mass is 9.53. The average Bonchev–Trinajstić information content (AvgIpc) is 1.94. The van der Waals surface area contributed by atoms with Crippen LogP contribution in [-0.4, -0.2) is 12.0 Å². The second kappa shape index (κ2) is 20.1. The van der Waals surface area contributed by atoms with Gasteiger partial charge in [0.25, 0.3) is 12.0 Å². The first kappa shape index (κ1) is 48.2. The largest absolute Gasteiger partial charge is 0.457 e. The predicted octanol–water partition coefficient (Wildman–Crippen LogP) is 17.9. The Morgan fingerprint density at radius 1 is 0.305 bits per heavy atom. The van der Waals surface area contributed by atoms with E-state index in [0.29, 0.717) is 0 Å². The summed E-state index contributed by atoms with van der Waals surface area (Å²) in [4.78, 5) is 11.9. The van der Waals surface area contributed by atoms with Gasteiger partial charge in [-0.25, -0.2) is 0 Å². The normalized spacial score (nSPS) is 13.1. The topological polar surface area (TPSA) is 31.4 Å². The number of anilines is 12. The second-order valence-electron chi connectivity index (χ2n) is 20.7. The summed E-state index contributed by atoms with van der Waals surface area (Å²) in [7, 11) is 0. The van der Waals surface area contributed by atoms with E-state index < -0.39 is 0 Å². The minimum Gasteiger partial charge on any atom is -0.457 e. The number of para-hydroxylation sites is 8. The van der Waals surface area contributed by atoms with E-state index in [0.717, 1.165) is 124 Å². The zero-order valence-electron chi connectivity index (χ0n) is 44.3. The summed E-state index contributed by atoms with van der Waals surface area (Å²) in [6.07, 6.45) is 0. The average molecular weight is 1090 g/mol. The van der Waals surface area contributed by atoms with Gasteiger partial charge in [-0.2, -0.15) is 23.2 Å². The van der Waals surface area contributed by atoms with Crippen molar-refractivity contribution in [2.45, 2.75) is 9.79 Å². The van der Waals surface area contributed by atoms with Crippen molar-refractivity contribution in [1.29, 1.82) is 0 Å². The van der Waals surface area contributed by atoms with Gasteiger partial charge in [0, 0.05) is 78.3 Å². The molecule has 0 radical (unpaired) electrons. The molecular formula is C72H48B2N4O2S2. The third-order valence-electron chi connectivity index (χ3n) is 15.9. The Bertz CT molecular complexity index is 4040. The van der Waals surface area contributed by atoms with Gasteiger partial charge in [-0.3, -0.25) is 0 Å². The van der Waals surface area contributed by atoms with Crippen molar-refractivity contribution in [2.24, 2.45) is 0 Å². The molecule has 0 spiro atoms. The molecular weight excluding hydrogens is 1040 g/mol. The lowest BCUT2D eigenvalue weighted by molar-refractivity contribution is 0.469. The van der Waals surface area contributed by atoms with Crippen LogP contribution in [0.25, 0.3) is 11.1 Å². The summed E-state index contributed by atoms with van der Waals surface area (Å²) in [6.45, 7) is 0. The molecule has 0 unspecified atom stereocenters. The van der Waals surface area contributed by atoms with E-state index in [2.05, 4.69) is 311 Å². The predicted molar refractivity (Wildman–Crippen MR) is 345 cm³/mol. The van der Waals surface area contributed by atoms with E-state index >= 15 is 0 Å². The second-order valence-corrected chi connectivity index (χ2v) is 23.0. The van der Waals surface area contributed by atoms with Crippen LogP contribution in [-0.2, 0) is 0 Å². The Morgan fingerprint density at radius 3 is 1.01 bits per heavy atom. The lowest BCUT2D eigenvalue weighted by Gasteiger charge is -2.37. The number of ether oxygens (including phenoxy) is 2. The molecule has 0 aromatic heterocycles. The van der Waals surface area contributed by atoms with E-state index in [1.807, 2.05) is 23.2 Å². The molecule has 0 aliphatic carbocycles. The molecule has 0 amide bonds. The van der Waals surface area contributed by atoms with Crippen LogP contribution in [0.3, 0.4) is 0 Å². The number of hydrogen-bond donors (Lipinski definition) is 0. The molecule has 6 nitrogen and oxygen atoms in total. The third-order valence-corrected chi connectivity index (χ3v) is 18.5. The maximum Gasteiger partial charge on any atom is 0.291 e. The van der Waals surface area contributed by atoms with Crippen LogP contribution < -0.4 is 50.9 Å². The van der Waals surface area contributed by atoms with Crippen LogP contribution in [0.1, 0.15) is 0 Å². The van der Waals surface area contributed by atoms with Crippen molar-refractivity contribution in [3.63, 3.8) is 0 Å². The summed E-state index contributed by atoms with van der Waals surface area (Å²) in [5, 5.41) is 0. The first-order valence-electron chi connectivity index (χ1n) is 27.7. The quantitative estimate of drug-likeness (QED) is 0.132. The molecule has 0 saturated carbocycles. The summed E-state index contributed by atoms with van der Waals surface area (Å²) >= 11 is 3.79. The first-order valence-corrected chi connectivity index (χ1v) is 29.5. The van der Waals surface area contributed by atoms with Crippen LogP contribution in [0.2, 0.25) is 0 Å². The highest BCUT2D eigenvalue weighted by Gasteiger charge is 2.47. The van der Waals surface area contributed by atoms with Crippen LogP contribution >= 0.6 is 23.2 Å². The molecule has 4 heterocycles. The third kappa shape index (κ3) is 8.08. The van der Waals surface area contributed by atoms with Gasteiger partial charge in [0.1, 0.15) is 23.0 Å². The smallest absolute Gasteiger partial charge is 0.291 e. The molecule has 12 aromatic rings. The minimum absolute atomic E-state index is 0.204. The molecule has 0 saturated heterocycles. The molecule has 12 aromatic carbocycles. The SMILES string of the molecule is c1ccc(-c2c3c(cc4c2Oc2cc(N(c5ccccc5)c5ccccc5)cc5c2B4Sc2ccccc2N5c2ccccc2)B2Sc4ccccc4N(c4ccccc4)c4cc(N(c5ccccc5)c5ccccc5)cc(c42)O3)cc1. The van der Waals surface area contributed by atoms with Crippen molar-refractivity contribution in [3.8, 4) is 34.1 Å². The van der Waals surface area contributed by atoms with Gasteiger partial charge in [0.15, 0.2) is 0 Å². The number of nitrogens with zero attached hydrogens (tertiary/aromatic N) is 4. The fraction of sp³-hybridized carbons (Fsp3) is 0. The van der Waals surface area contributed by atoms with E-state index in [-0.39, 0.29) is 12.0 Å². The fourth-order valence-corrected chi connectivity index (χ4v) is 15.1. The number of rotatable bonds is 9. The van der Waals surface area contributed by atoms with Crippen LogP contribution in [0.15, 0.2) is 301 Å². The highest BCUT2D eigenvalue weighted by molar-refractivity contribution is 8.28. The molecule has 16 rings (SSSR count). The molecule has 386 valence electrons. The lowest BCUT2D eigenvalue weighted by Crippen LogP contribution is -2.51. The van der Waals surface area contributed by atoms with Gasteiger partial charge >= 0.3 is 0 Å². The highest BCUT2D eigenvalue weighted by atomic mass is 32.2. The standard InChI is InChI=1S/C72H48B2N4O2S2/c1-8-26-49(27-9-1)68-71-58(73-69-62(77(54-36-18-6-19-37-54)60-40-22-24-42-66(60)81-73)44-56(46-64(69)79-71)75(50-28-10-2-11-29-50)51-30-12-3-13-31-51)48-59-72(68)80-65-47-57(76(52-32-14-4-15-33-52)53-34-16-5-17-35-53)45-63-70(65)74(59)82-67-43-25-23-41-61(67)78(63)55-38-20-7-21-39-55/h1-48H.